The van der Waals surface area contributed by atoms with Crippen molar-refractivity contribution in [3.63, 3.8) is 0 Å². The average molecular weight is 244 g/mol. The van der Waals surface area contributed by atoms with Gasteiger partial charge in [0.25, 0.3) is 5.69 Å². The number of benzene rings is 2. The standard InChI is InChI=1S/C13H12N2O3/c1-18-13-7-5-10(6-8-13)14-11-3-2-4-12(9-11)15(16)17/h2-9,14H,1H3. The van der Waals surface area contributed by atoms with Crippen molar-refractivity contribution in [2.24, 2.45) is 0 Å². The molecule has 0 saturated heterocycles. The molecular formula is C13H12N2O3. The summed E-state index contributed by atoms with van der Waals surface area (Å²) in [7, 11) is 1.60. The molecule has 0 saturated carbocycles. The average Bonchev–Trinajstić information content (AvgIpc) is 2.40. The maximum Gasteiger partial charge on any atom is 0.271 e. The highest BCUT2D eigenvalue weighted by Crippen LogP contribution is 2.22. The summed E-state index contributed by atoms with van der Waals surface area (Å²) >= 11 is 0. The highest BCUT2D eigenvalue weighted by molar-refractivity contribution is 5.62. The number of nitro benzene ring substituents is 1. The molecule has 0 atom stereocenters. The molecule has 0 bridgehead atoms. The number of rotatable bonds is 4. The lowest BCUT2D eigenvalue weighted by Crippen LogP contribution is -1.93. The molecule has 2 aromatic carbocycles. The fraction of sp³-hybridized carbons (Fsp3) is 0.0769. The third-order valence-corrected chi connectivity index (χ3v) is 2.44. The lowest BCUT2D eigenvalue weighted by molar-refractivity contribution is -0.384. The first-order valence-corrected chi connectivity index (χ1v) is 5.34. The SMILES string of the molecule is COc1ccc(Nc2cccc([N+](=O)[O-])c2)cc1. The number of ether oxygens (including phenoxy) is 1. The van der Waals surface area contributed by atoms with E-state index in [1.54, 1.807) is 19.2 Å². The van der Waals surface area contributed by atoms with Crippen LogP contribution in [-0.2, 0) is 0 Å². The Kier molecular flexibility index (Phi) is 3.43. The van der Waals surface area contributed by atoms with Crippen LogP contribution in [0, 0.1) is 10.1 Å². The summed E-state index contributed by atoms with van der Waals surface area (Å²) in [4.78, 5) is 10.2. The van der Waals surface area contributed by atoms with Crippen LogP contribution in [0.25, 0.3) is 0 Å². The molecule has 92 valence electrons. The van der Waals surface area contributed by atoms with E-state index in [0.717, 1.165) is 11.4 Å². The summed E-state index contributed by atoms with van der Waals surface area (Å²) in [6.45, 7) is 0. The van der Waals surface area contributed by atoms with E-state index in [1.807, 2.05) is 24.3 Å². The van der Waals surface area contributed by atoms with Gasteiger partial charge in [-0.15, -0.1) is 0 Å². The molecule has 0 aliphatic heterocycles. The summed E-state index contributed by atoms with van der Waals surface area (Å²) in [6, 6.07) is 13.7. The minimum atomic E-state index is -0.417. The summed E-state index contributed by atoms with van der Waals surface area (Å²) < 4.78 is 5.05. The Hall–Kier alpha value is -2.56. The third-order valence-electron chi connectivity index (χ3n) is 2.44. The van der Waals surface area contributed by atoms with Crippen LogP contribution < -0.4 is 10.1 Å². The number of hydrogen-bond donors (Lipinski definition) is 1. The Balaban J connectivity index is 2.17. The first kappa shape index (κ1) is 11.9. The van der Waals surface area contributed by atoms with Crippen molar-refractivity contribution in [3.8, 4) is 5.75 Å². The molecule has 0 heterocycles. The summed E-state index contributed by atoms with van der Waals surface area (Å²) in [5.41, 5.74) is 1.58. The molecule has 0 aliphatic carbocycles. The van der Waals surface area contributed by atoms with E-state index in [9.17, 15) is 10.1 Å². The zero-order chi connectivity index (χ0) is 13.0. The van der Waals surface area contributed by atoms with Crippen molar-refractivity contribution in [2.75, 3.05) is 12.4 Å². The van der Waals surface area contributed by atoms with Crippen LogP contribution in [0.2, 0.25) is 0 Å². The van der Waals surface area contributed by atoms with Gasteiger partial charge in [-0.05, 0) is 30.3 Å². The van der Waals surface area contributed by atoms with Gasteiger partial charge in [-0.2, -0.15) is 0 Å². The Bertz CT molecular complexity index is 552. The number of anilines is 2. The number of nitrogens with one attached hydrogen (secondary N) is 1. The lowest BCUT2D eigenvalue weighted by Gasteiger charge is -2.07. The molecule has 0 fully saturated rings. The third kappa shape index (κ3) is 2.76. The Labute approximate surface area is 104 Å². The molecule has 0 aliphatic rings. The molecule has 0 amide bonds. The van der Waals surface area contributed by atoms with Crippen molar-refractivity contribution in [2.45, 2.75) is 0 Å². The predicted octanol–water partition coefficient (Wildman–Crippen LogP) is 3.35. The van der Waals surface area contributed by atoms with Gasteiger partial charge in [0.05, 0.1) is 12.0 Å². The maximum absolute atomic E-state index is 10.7. The van der Waals surface area contributed by atoms with E-state index in [2.05, 4.69) is 5.32 Å². The van der Waals surface area contributed by atoms with Gasteiger partial charge in [0.2, 0.25) is 0 Å². The number of methoxy groups -OCH3 is 1. The fourth-order valence-electron chi connectivity index (χ4n) is 1.54. The summed E-state index contributed by atoms with van der Waals surface area (Å²) in [5, 5.41) is 13.7. The molecule has 0 spiro atoms. The molecule has 5 heteroatoms. The normalized spacial score (nSPS) is 9.83. The molecule has 0 aromatic heterocycles. The van der Waals surface area contributed by atoms with Gasteiger partial charge >= 0.3 is 0 Å². The van der Waals surface area contributed by atoms with Gasteiger partial charge in [0, 0.05) is 23.5 Å². The van der Waals surface area contributed by atoms with Gasteiger partial charge in [-0.3, -0.25) is 10.1 Å². The number of nitro groups is 1. The highest BCUT2D eigenvalue weighted by atomic mass is 16.6. The van der Waals surface area contributed by atoms with Crippen LogP contribution in [-0.4, -0.2) is 12.0 Å². The quantitative estimate of drug-likeness (QED) is 0.661. The second-order valence-electron chi connectivity index (χ2n) is 3.66. The van der Waals surface area contributed by atoms with E-state index in [0.29, 0.717) is 5.69 Å². The molecule has 2 aromatic rings. The second-order valence-corrected chi connectivity index (χ2v) is 3.66. The van der Waals surface area contributed by atoms with Crippen molar-refractivity contribution in [1.29, 1.82) is 0 Å². The largest absolute Gasteiger partial charge is 0.497 e. The van der Waals surface area contributed by atoms with Gasteiger partial charge < -0.3 is 10.1 Å². The lowest BCUT2D eigenvalue weighted by atomic mass is 10.2. The van der Waals surface area contributed by atoms with Crippen molar-refractivity contribution >= 4 is 17.1 Å². The molecule has 1 N–H and O–H groups in total. The Morgan fingerprint density at radius 1 is 1.11 bits per heavy atom. The van der Waals surface area contributed by atoms with Gasteiger partial charge in [-0.1, -0.05) is 6.07 Å². The first-order chi connectivity index (χ1) is 8.69. The maximum atomic E-state index is 10.7. The number of hydrogen-bond acceptors (Lipinski definition) is 4. The van der Waals surface area contributed by atoms with Gasteiger partial charge in [-0.25, -0.2) is 0 Å². The van der Waals surface area contributed by atoms with Gasteiger partial charge in [0.15, 0.2) is 0 Å². The van der Waals surface area contributed by atoms with E-state index in [4.69, 9.17) is 4.74 Å². The highest BCUT2D eigenvalue weighted by Gasteiger charge is 2.05. The molecule has 0 unspecified atom stereocenters. The Morgan fingerprint density at radius 2 is 1.83 bits per heavy atom. The van der Waals surface area contributed by atoms with Crippen molar-refractivity contribution in [1.82, 2.24) is 0 Å². The number of nitrogens with zero attached hydrogens (tertiary/aromatic N) is 1. The molecular weight excluding hydrogens is 232 g/mol. The second kappa shape index (κ2) is 5.18. The van der Waals surface area contributed by atoms with E-state index < -0.39 is 4.92 Å². The Morgan fingerprint density at radius 3 is 2.44 bits per heavy atom. The summed E-state index contributed by atoms with van der Waals surface area (Å²) in [5.74, 6) is 0.764. The van der Waals surface area contributed by atoms with Crippen molar-refractivity contribution in [3.05, 3.63) is 58.6 Å². The van der Waals surface area contributed by atoms with Crippen LogP contribution in [0.1, 0.15) is 0 Å². The fourth-order valence-corrected chi connectivity index (χ4v) is 1.54. The minimum Gasteiger partial charge on any atom is -0.497 e. The van der Waals surface area contributed by atoms with Crippen LogP contribution in [0.5, 0.6) is 5.75 Å². The van der Waals surface area contributed by atoms with Crippen LogP contribution >= 0.6 is 0 Å². The van der Waals surface area contributed by atoms with Crippen LogP contribution in [0.4, 0.5) is 17.1 Å². The van der Waals surface area contributed by atoms with E-state index in [1.165, 1.54) is 12.1 Å². The molecule has 2 rings (SSSR count). The first-order valence-electron chi connectivity index (χ1n) is 5.34. The van der Waals surface area contributed by atoms with Crippen LogP contribution in [0.3, 0.4) is 0 Å². The van der Waals surface area contributed by atoms with Crippen molar-refractivity contribution < 1.29 is 9.66 Å². The zero-order valence-electron chi connectivity index (χ0n) is 9.79. The van der Waals surface area contributed by atoms with Crippen LogP contribution in [0.15, 0.2) is 48.5 Å². The predicted molar refractivity (Wildman–Crippen MR) is 69.4 cm³/mol. The van der Waals surface area contributed by atoms with Gasteiger partial charge in [0.1, 0.15) is 5.75 Å². The molecule has 5 nitrogen and oxygen atoms in total. The zero-order valence-corrected chi connectivity index (χ0v) is 9.79. The number of non-ortho nitro benzene ring substituents is 1. The minimum absolute atomic E-state index is 0.0634. The van der Waals surface area contributed by atoms with E-state index in [-0.39, 0.29) is 5.69 Å². The monoisotopic (exact) mass is 244 g/mol. The topological polar surface area (TPSA) is 64.4 Å². The van der Waals surface area contributed by atoms with E-state index >= 15 is 0 Å². The smallest absolute Gasteiger partial charge is 0.271 e. The molecule has 18 heavy (non-hydrogen) atoms. The summed E-state index contributed by atoms with van der Waals surface area (Å²) in [6.07, 6.45) is 0. The molecule has 0 radical (unpaired) electrons.